The van der Waals surface area contributed by atoms with Gasteiger partial charge in [-0.05, 0) is 37.2 Å². The Morgan fingerprint density at radius 1 is 1.33 bits per heavy atom. The van der Waals surface area contributed by atoms with Gasteiger partial charge in [-0.25, -0.2) is 0 Å². The maximum atomic E-state index is 5.95. The highest BCUT2D eigenvalue weighted by atomic mass is 79.9. The zero-order valence-corrected chi connectivity index (χ0v) is 14.2. The van der Waals surface area contributed by atoms with Crippen LogP contribution in [0, 0.1) is 0 Å². The van der Waals surface area contributed by atoms with Crippen LogP contribution in [-0.2, 0) is 20.0 Å². The van der Waals surface area contributed by atoms with Gasteiger partial charge in [0.05, 0.1) is 6.61 Å². The molecule has 1 aromatic heterocycles. The molecular formula is C16H22BrN3O. The fraction of sp³-hybridized carbons (Fsp3) is 0.438. The van der Waals surface area contributed by atoms with Crippen LogP contribution in [0.3, 0.4) is 0 Å². The summed E-state index contributed by atoms with van der Waals surface area (Å²) in [6, 6.07) is 8.18. The quantitative estimate of drug-likeness (QED) is 0.741. The first-order valence-corrected chi connectivity index (χ1v) is 8.09. The predicted octanol–water partition coefficient (Wildman–Crippen LogP) is 3.30. The number of benzene rings is 1. The summed E-state index contributed by atoms with van der Waals surface area (Å²) in [4.78, 5) is 0. The first-order valence-electron chi connectivity index (χ1n) is 7.29. The van der Waals surface area contributed by atoms with Gasteiger partial charge in [0.25, 0.3) is 0 Å². The van der Waals surface area contributed by atoms with E-state index in [-0.39, 0.29) is 0 Å². The van der Waals surface area contributed by atoms with Crippen molar-refractivity contribution in [2.75, 3.05) is 13.2 Å². The molecule has 4 nitrogen and oxygen atoms in total. The normalized spacial score (nSPS) is 10.8. The maximum absolute atomic E-state index is 5.95. The minimum Gasteiger partial charge on any atom is -0.493 e. The second kappa shape index (κ2) is 8.20. The van der Waals surface area contributed by atoms with Gasteiger partial charge >= 0.3 is 0 Å². The minimum absolute atomic E-state index is 0.655. The summed E-state index contributed by atoms with van der Waals surface area (Å²) in [5, 5.41) is 7.58. The fourth-order valence-corrected chi connectivity index (χ4v) is 2.55. The van der Waals surface area contributed by atoms with E-state index in [1.807, 2.05) is 36.1 Å². The zero-order chi connectivity index (χ0) is 15.1. The lowest BCUT2D eigenvalue weighted by Gasteiger charge is -2.13. The van der Waals surface area contributed by atoms with Crippen LogP contribution in [0.4, 0.5) is 0 Å². The second-order valence-electron chi connectivity index (χ2n) is 4.97. The highest BCUT2D eigenvalue weighted by Gasteiger charge is 2.05. The number of aromatic nitrogens is 2. The van der Waals surface area contributed by atoms with Crippen LogP contribution in [0.5, 0.6) is 5.75 Å². The molecule has 0 atom stereocenters. The average Bonchev–Trinajstić information content (AvgIpc) is 2.87. The molecule has 0 aliphatic heterocycles. The van der Waals surface area contributed by atoms with Gasteiger partial charge in [0, 0.05) is 41.9 Å². The molecule has 0 spiro atoms. The molecule has 0 bridgehead atoms. The maximum Gasteiger partial charge on any atom is 0.123 e. The van der Waals surface area contributed by atoms with Gasteiger partial charge in [-0.1, -0.05) is 22.9 Å². The van der Waals surface area contributed by atoms with Crippen molar-refractivity contribution in [3.8, 4) is 5.75 Å². The molecule has 0 saturated carbocycles. The lowest BCUT2D eigenvalue weighted by molar-refractivity contribution is 0.314. The number of nitrogens with zero attached hydrogens (tertiary/aromatic N) is 2. The van der Waals surface area contributed by atoms with E-state index in [9.17, 15) is 0 Å². The Hall–Kier alpha value is -1.33. The first-order chi connectivity index (χ1) is 10.2. The number of rotatable bonds is 8. The van der Waals surface area contributed by atoms with Crippen molar-refractivity contribution in [3.05, 3.63) is 46.2 Å². The van der Waals surface area contributed by atoms with E-state index < -0.39 is 0 Å². The molecule has 0 fully saturated rings. The zero-order valence-electron chi connectivity index (χ0n) is 12.6. The average molecular weight is 352 g/mol. The van der Waals surface area contributed by atoms with Crippen LogP contribution in [0.25, 0.3) is 0 Å². The molecule has 0 radical (unpaired) electrons. The molecule has 0 saturated heterocycles. The van der Waals surface area contributed by atoms with E-state index in [0.717, 1.165) is 36.2 Å². The van der Waals surface area contributed by atoms with E-state index in [4.69, 9.17) is 4.74 Å². The molecule has 21 heavy (non-hydrogen) atoms. The van der Waals surface area contributed by atoms with Crippen LogP contribution in [0.1, 0.15) is 24.6 Å². The molecule has 1 heterocycles. The summed E-state index contributed by atoms with van der Waals surface area (Å²) in [5.41, 5.74) is 2.36. The lowest BCUT2D eigenvalue weighted by Crippen LogP contribution is -2.15. The molecule has 1 N–H and O–H groups in total. The molecule has 0 unspecified atom stereocenters. The Balaban J connectivity index is 1.93. The topological polar surface area (TPSA) is 39.1 Å². The second-order valence-corrected chi connectivity index (χ2v) is 5.89. The highest BCUT2D eigenvalue weighted by molar-refractivity contribution is 9.10. The number of hydrogen-bond donors (Lipinski definition) is 1. The van der Waals surface area contributed by atoms with Crippen LogP contribution < -0.4 is 10.1 Å². The summed E-state index contributed by atoms with van der Waals surface area (Å²) in [7, 11) is 1.95. The Morgan fingerprint density at radius 2 is 2.19 bits per heavy atom. The third-order valence-corrected chi connectivity index (χ3v) is 3.80. The summed E-state index contributed by atoms with van der Waals surface area (Å²) in [6.07, 6.45) is 3.80. The molecule has 2 aromatic rings. The molecule has 1 aromatic carbocycles. The summed E-state index contributed by atoms with van der Waals surface area (Å²) in [6.45, 7) is 4.66. The Labute approximate surface area is 134 Å². The number of halogens is 1. The fourth-order valence-electron chi connectivity index (χ4n) is 2.14. The number of aryl methyl sites for hydroxylation is 1. The summed E-state index contributed by atoms with van der Waals surface area (Å²) >= 11 is 3.52. The predicted molar refractivity (Wildman–Crippen MR) is 88.5 cm³/mol. The van der Waals surface area contributed by atoms with Gasteiger partial charge in [0.1, 0.15) is 5.75 Å². The van der Waals surface area contributed by atoms with E-state index in [2.05, 4.69) is 39.3 Å². The van der Waals surface area contributed by atoms with Crippen LogP contribution >= 0.6 is 15.9 Å². The van der Waals surface area contributed by atoms with Gasteiger partial charge in [-0.2, -0.15) is 5.10 Å². The lowest BCUT2D eigenvalue weighted by atomic mass is 10.2. The first kappa shape index (κ1) is 16.0. The van der Waals surface area contributed by atoms with E-state index in [0.29, 0.717) is 6.61 Å². The van der Waals surface area contributed by atoms with Crippen molar-refractivity contribution in [1.29, 1.82) is 0 Å². The van der Waals surface area contributed by atoms with Crippen molar-refractivity contribution < 1.29 is 4.74 Å². The van der Waals surface area contributed by atoms with Crippen molar-refractivity contribution in [2.24, 2.45) is 7.05 Å². The molecule has 114 valence electrons. The van der Waals surface area contributed by atoms with Gasteiger partial charge in [0.15, 0.2) is 0 Å². The van der Waals surface area contributed by atoms with Crippen LogP contribution in [-0.4, -0.2) is 22.9 Å². The van der Waals surface area contributed by atoms with E-state index in [1.165, 1.54) is 11.3 Å². The van der Waals surface area contributed by atoms with Gasteiger partial charge in [-0.3, -0.25) is 4.68 Å². The standard InChI is InChI=1S/C16H22BrN3O/c1-3-8-18-12-13-11-14(17)4-5-16(13)21-10-7-15-6-9-19-20(15)2/h4-6,9,11,18H,3,7-8,10,12H2,1-2H3. The van der Waals surface area contributed by atoms with Gasteiger partial charge in [0.2, 0.25) is 0 Å². The van der Waals surface area contributed by atoms with Crippen molar-refractivity contribution in [3.63, 3.8) is 0 Å². The van der Waals surface area contributed by atoms with Crippen LogP contribution in [0.2, 0.25) is 0 Å². The number of nitrogens with one attached hydrogen (secondary N) is 1. The van der Waals surface area contributed by atoms with Crippen molar-refractivity contribution >= 4 is 15.9 Å². The summed E-state index contributed by atoms with van der Waals surface area (Å²) in [5.74, 6) is 0.948. The van der Waals surface area contributed by atoms with Gasteiger partial charge in [-0.15, -0.1) is 0 Å². The van der Waals surface area contributed by atoms with E-state index in [1.54, 1.807) is 0 Å². The largest absolute Gasteiger partial charge is 0.493 e. The third kappa shape index (κ3) is 4.86. The Bertz CT molecular complexity index is 568. The SMILES string of the molecule is CCCNCc1cc(Br)ccc1OCCc1ccnn1C. The molecule has 0 aliphatic carbocycles. The third-order valence-electron chi connectivity index (χ3n) is 3.30. The van der Waals surface area contributed by atoms with E-state index >= 15 is 0 Å². The number of hydrogen-bond acceptors (Lipinski definition) is 3. The van der Waals surface area contributed by atoms with Crippen molar-refractivity contribution in [1.82, 2.24) is 15.1 Å². The Morgan fingerprint density at radius 3 is 2.90 bits per heavy atom. The van der Waals surface area contributed by atoms with Crippen molar-refractivity contribution in [2.45, 2.75) is 26.3 Å². The Kier molecular flexibility index (Phi) is 6.26. The highest BCUT2D eigenvalue weighted by Crippen LogP contribution is 2.23. The molecule has 2 rings (SSSR count). The van der Waals surface area contributed by atoms with Crippen LogP contribution in [0.15, 0.2) is 34.9 Å². The number of ether oxygens (including phenoxy) is 1. The molecule has 0 aliphatic rings. The minimum atomic E-state index is 0.655. The molecular weight excluding hydrogens is 330 g/mol. The molecule has 5 heteroatoms. The monoisotopic (exact) mass is 351 g/mol. The smallest absolute Gasteiger partial charge is 0.123 e. The molecule has 0 amide bonds. The van der Waals surface area contributed by atoms with Gasteiger partial charge < -0.3 is 10.1 Å². The summed E-state index contributed by atoms with van der Waals surface area (Å²) < 4.78 is 8.91.